The first-order valence-corrected chi connectivity index (χ1v) is 8.88. The van der Waals surface area contributed by atoms with Gasteiger partial charge in [0.1, 0.15) is 0 Å². The van der Waals surface area contributed by atoms with E-state index in [9.17, 15) is 8.42 Å². The fourth-order valence-electron chi connectivity index (χ4n) is 2.49. The summed E-state index contributed by atoms with van der Waals surface area (Å²) in [6, 6.07) is 5.14. The van der Waals surface area contributed by atoms with Gasteiger partial charge in [-0.15, -0.1) is 0 Å². The Labute approximate surface area is 127 Å². The van der Waals surface area contributed by atoms with Crippen LogP contribution in [0.2, 0.25) is 0 Å². The molecule has 1 aliphatic rings. The smallest absolute Gasteiger partial charge is 0.178 e. The van der Waals surface area contributed by atoms with E-state index in [1.165, 1.54) is 6.26 Å². The summed E-state index contributed by atoms with van der Waals surface area (Å²) in [6.07, 6.45) is 1.11. The number of hydrogen-bond donors (Lipinski definition) is 1. The van der Waals surface area contributed by atoms with E-state index in [0.29, 0.717) is 36.7 Å². The maximum absolute atomic E-state index is 11.8. The summed E-state index contributed by atoms with van der Waals surface area (Å²) in [5, 5.41) is 0. The molecule has 114 valence electrons. The highest BCUT2D eigenvalue weighted by Crippen LogP contribution is 2.23. The molecular formula is C13H16N2O4S2. The van der Waals surface area contributed by atoms with Crippen molar-refractivity contribution >= 4 is 33.1 Å². The van der Waals surface area contributed by atoms with Gasteiger partial charge in [0, 0.05) is 6.26 Å². The molecule has 0 spiro atoms. The second kappa shape index (κ2) is 5.53. The molecule has 2 heterocycles. The van der Waals surface area contributed by atoms with Crippen molar-refractivity contribution < 1.29 is 17.9 Å². The lowest BCUT2D eigenvalue weighted by Gasteiger charge is -2.23. The third-order valence-electron chi connectivity index (χ3n) is 3.44. The van der Waals surface area contributed by atoms with Crippen LogP contribution in [-0.4, -0.2) is 50.1 Å². The maximum atomic E-state index is 11.8. The standard InChI is InChI=1S/C13H16N2O4S2/c1-21(16,17)11-4-2-3-10-12(11)14-13(20)15(10)7-9-8-18-5-6-19-9/h2-4,9H,5-8H2,1H3,(H,14,20). The molecule has 0 saturated carbocycles. The summed E-state index contributed by atoms with van der Waals surface area (Å²) in [7, 11) is -3.31. The predicted octanol–water partition coefficient (Wildman–Crippen LogP) is 1.52. The summed E-state index contributed by atoms with van der Waals surface area (Å²) in [4.78, 5) is 3.25. The number of imidazole rings is 1. The Morgan fingerprint density at radius 2 is 2.24 bits per heavy atom. The number of ether oxygens (including phenoxy) is 2. The lowest BCUT2D eigenvalue weighted by Crippen LogP contribution is -2.32. The number of rotatable bonds is 3. The SMILES string of the molecule is CS(=O)(=O)c1cccc2c1[nH]c(=S)n2CC1COCCO1. The van der Waals surface area contributed by atoms with Crippen LogP contribution < -0.4 is 0 Å². The number of aromatic nitrogens is 2. The summed E-state index contributed by atoms with van der Waals surface area (Å²) in [5.74, 6) is 0. The van der Waals surface area contributed by atoms with Gasteiger partial charge in [0.25, 0.3) is 0 Å². The van der Waals surface area contributed by atoms with E-state index in [-0.39, 0.29) is 11.0 Å². The molecule has 0 amide bonds. The van der Waals surface area contributed by atoms with Crippen LogP contribution in [0.1, 0.15) is 0 Å². The van der Waals surface area contributed by atoms with Gasteiger partial charge in [-0.05, 0) is 24.4 Å². The normalized spacial score (nSPS) is 20.0. The third kappa shape index (κ3) is 2.89. The second-order valence-electron chi connectivity index (χ2n) is 5.03. The molecule has 1 aromatic carbocycles. The van der Waals surface area contributed by atoms with Gasteiger partial charge in [0.2, 0.25) is 0 Å². The Morgan fingerprint density at radius 1 is 1.43 bits per heavy atom. The number of fused-ring (bicyclic) bond motifs is 1. The van der Waals surface area contributed by atoms with E-state index in [1.807, 2.05) is 10.6 Å². The number of nitrogens with zero attached hydrogens (tertiary/aromatic N) is 1. The highest BCUT2D eigenvalue weighted by atomic mass is 32.2. The molecule has 0 bridgehead atoms. The second-order valence-corrected chi connectivity index (χ2v) is 7.40. The van der Waals surface area contributed by atoms with Crippen LogP contribution in [0, 0.1) is 4.77 Å². The minimum absolute atomic E-state index is 0.0775. The molecule has 1 aromatic heterocycles. The molecule has 1 N–H and O–H groups in total. The molecule has 6 nitrogen and oxygen atoms in total. The summed E-state index contributed by atoms with van der Waals surface area (Å²) < 4.78 is 37.1. The number of aromatic amines is 1. The van der Waals surface area contributed by atoms with E-state index < -0.39 is 9.84 Å². The lowest BCUT2D eigenvalue weighted by atomic mass is 10.3. The Kier molecular flexibility index (Phi) is 3.87. The molecular weight excluding hydrogens is 312 g/mol. The molecule has 1 unspecified atom stereocenters. The van der Waals surface area contributed by atoms with Crippen molar-refractivity contribution in [2.45, 2.75) is 17.5 Å². The molecule has 8 heteroatoms. The van der Waals surface area contributed by atoms with Gasteiger partial charge >= 0.3 is 0 Å². The van der Waals surface area contributed by atoms with Crippen LogP contribution in [0.15, 0.2) is 23.1 Å². The van der Waals surface area contributed by atoms with Crippen LogP contribution in [0.3, 0.4) is 0 Å². The zero-order valence-corrected chi connectivity index (χ0v) is 13.2. The quantitative estimate of drug-likeness (QED) is 0.865. The summed E-state index contributed by atoms with van der Waals surface area (Å²) in [5.41, 5.74) is 1.30. The van der Waals surface area contributed by atoms with Gasteiger partial charge in [0.15, 0.2) is 14.6 Å². The highest BCUT2D eigenvalue weighted by molar-refractivity contribution is 7.91. The molecule has 0 aliphatic carbocycles. The summed E-state index contributed by atoms with van der Waals surface area (Å²) >= 11 is 5.32. The van der Waals surface area contributed by atoms with Gasteiger partial charge in [-0.3, -0.25) is 0 Å². The van der Waals surface area contributed by atoms with E-state index in [2.05, 4.69) is 4.98 Å². The van der Waals surface area contributed by atoms with Crippen LogP contribution in [-0.2, 0) is 25.9 Å². The Morgan fingerprint density at radius 3 is 2.90 bits per heavy atom. The number of H-pyrrole nitrogens is 1. The number of para-hydroxylation sites is 1. The van der Waals surface area contributed by atoms with E-state index in [4.69, 9.17) is 21.7 Å². The average molecular weight is 328 g/mol. The van der Waals surface area contributed by atoms with Crippen molar-refractivity contribution in [1.29, 1.82) is 0 Å². The van der Waals surface area contributed by atoms with Gasteiger partial charge in [-0.1, -0.05) is 6.07 Å². The van der Waals surface area contributed by atoms with E-state index in [0.717, 1.165) is 5.52 Å². The Balaban J connectivity index is 2.07. The van der Waals surface area contributed by atoms with Crippen LogP contribution in [0.5, 0.6) is 0 Å². The first kappa shape index (κ1) is 14.7. The average Bonchev–Trinajstić information content (AvgIpc) is 2.75. The monoisotopic (exact) mass is 328 g/mol. The molecule has 1 saturated heterocycles. The fraction of sp³-hybridized carbons (Fsp3) is 0.462. The van der Waals surface area contributed by atoms with Crippen molar-refractivity contribution in [1.82, 2.24) is 9.55 Å². The summed E-state index contributed by atoms with van der Waals surface area (Å²) in [6.45, 7) is 2.22. The number of sulfone groups is 1. The fourth-order valence-corrected chi connectivity index (χ4v) is 3.62. The third-order valence-corrected chi connectivity index (χ3v) is 4.90. The molecule has 1 atom stereocenters. The molecule has 0 radical (unpaired) electrons. The van der Waals surface area contributed by atoms with Crippen molar-refractivity contribution in [3.8, 4) is 0 Å². The topological polar surface area (TPSA) is 73.3 Å². The number of hydrogen-bond acceptors (Lipinski definition) is 5. The van der Waals surface area contributed by atoms with Crippen LogP contribution in [0.25, 0.3) is 11.0 Å². The zero-order valence-electron chi connectivity index (χ0n) is 11.5. The number of nitrogens with one attached hydrogen (secondary N) is 1. The van der Waals surface area contributed by atoms with Gasteiger partial charge < -0.3 is 19.0 Å². The Bertz CT molecular complexity index is 816. The van der Waals surface area contributed by atoms with Crippen molar-refractivity contribution in [2.24, 2.45) is 0 Å². The van der Waals surface area contributed by atoms with Crippen molar-refractivity contribution in [3.05, 3.63) is 23.0 Å². The van der Waals surface area contributed by atoms with Gasteiger partial charge in [0.05, 0.1) is 48.4 Å². The molecule has 2 aromatic rings. The first-order chi connectivity index (χ1) is 9.97. The van der Waals surface area contributed by atoms with Crippen LogP contribution >= 0.6 is 12.2 Å². The van der Waals surface area contributed by atoms with Crippen LogP contribution in [0.4, 0.5) is 0 Å². The molecule has 21 heavy (non-hydrogen) atoms. The zero-order chi connectivity index (χ0) is 15.0. The van der Waals surface area contributed by atoms with E-state index in [1.54, 1.807) is 12.1 Å². The highest BCUT2D eigenvalue weighted by Gasteiger charge is 2.19. The van der Waals surface area contributed by atoms with Crippen molar-refractivity contribution in [2.75, 3.05) is 26.1 Å². The minimum Gasteiger partial charge on any atom is -0.376 e. The van der Waals surface area contributed by atoms with Gasteiger partial charge in [-0.25, -0.2) is 8.42 Å². The van der Waals surface area contributed by atoms with E-state index >= 15 is 0 Å². The van der Waals surface area contributed by atoms with Crippen molar-refractivity contribution in [3.63, 3.8) is 0 Å². The predicted molar refractivity (Wildman–Crippen MR) is 80.8 cm³/mol. The first-order valence-electron chi connectivity index (χ1n) is 6.58. The lowest BCUT2D eigenvalue weighted by molar-refractivity contribution is -0.0933. The van der Waals surface area contributed by atoms with Gasteiger partial charge in [-0.2, -0.15) is 0 Å². The molecule has 1 fully saturated rings. The number of benzene rings is 1. The molecule has 1 aliphatic heterocycles. The molecule has 3 rings (SSSR count). The minimum atomic E-state index is -3.31. The largest absolute Gasteiger partial charge is 0.376 e. The Hall–Kier alpha value is -1.22. The maximum Gasteiger partial charge on any atom is 0.178 e.